The monoisotopic (exact) mass is 1270 g/mol. The first-order valence-electron chi connectivity index (χ1n) is 31.5. The molecule has 0 bridgehead atoms. The van der Waals surface area contributed by atoms with E-state index in [4.69, 9.17) is 47.4 Å². The van der Waals surface area contributed by atoms with E-state index in [1.54, 1.807) is 13.8 Å². The molecule has 0 amide bonds. The molecule has 9 aliphatic rings. The fourth-order valence-electron chi connectivity index (χ4n) is 17.1. The third kappa shape index (κ3) is 12.8. The molecule has 34 atom stereocenters. The summed E-state index contributed by atoms with van der Waals surface area (Å²) in [4.78, 5) is 0. The van der Waals surface area contributed by atoms with Crippen molar-refractivity contribution in [3.63, 3.8) is 0 Å². The molecule has 5 heterocycles. The Morgan fingerprint density at radius 2 is 0.966 bits per heavy atom. The van der Waals surface area contributed by atoms with Crippen molar-refractivity contribution in [1.29, 1.82) is 0 Å². The normalized spacial score (nSPS) is 51.4. The second kappa shape index (κ2) is 27.4. The Balaban J connectivity index is 0.872. The van der Waals surface area contributed by atoms with Gasteiger partial charge in [0.25, 0.3) is 0 Å². The zero-order valence-corrected chi connectivity index (χ0v) is 51.5. The molecule has 0 aromatic carbocycles. The maximum atomic E-state index is 11.8. The standard InChI is InChI=1S/C60H102O28/c1-24(9-13-35(57(4,5)78)86-55-50(88-54-47(76)42(71)38(67)30(21-63)82-54)43(72)39(68)32(84-55)23-79-51-45(74)40(69)36(65)28(19-61)80-51)25-15-16-60(8)33-12-10-26-27(58(33,6)17-18-59(25,60)7)11-14-34(56(26,2)3)85-52-48(77)44(73)49(31(22-64)83-52)87-53-46(75)41(70)37(66)29(20-62)81-53/h10,24-25,27-55,61-78H,9,11-23H2,1-8H3/t24?,25?,27?,28-,29-,30-,31-,32-,33?,34+,35?,36-,37-,38-,39-,40+,41+,42+,43+,44-,45-,46-,47-,48-,49-,50-,51-,52+,53+,54+,55+,58?,59?,60?/m1/s1. The van der Waals surface area contributed by atoms with Crippen LogP contribution in [0, 0.1) is 45.3 Å². The second-order valence-corrected chi connectivity index (χ2v) is 28.6. The van der Waals surface area contributed by atoms with E-state index in [0.717, 1.165) is 38.5 Å². The average molecular weight is 1270 g/mol. The molecule has 4 aliphatic carbocycles. The van der Waals surface area contributed by atoms with E-state index in [0.29, 0.717) is 18.8 Å². The number of fused-ring (bicyclic) bond motifs is 5. The summed E-state index contributed by atoms with van der Waals surface area (Å²) >= 11 is 0. The summed E-state index contributed by atoms with van der Waals surface area (Å²) in [5, 5.41) is 193. The van der Waals surface area contributed by atoms with Gasteiger partial charge < -0.3 is 139 Å². The van der Waals surface area contributed by atoms with E-state index >= 15 is 0 Å². The predicted octanol–water partition coefficient (Wildman–Crippen LogP) is -4.38. The molecule has 18 N–H and O–H groups in total. The van der Waals surface area contributed by atoms with Crippen molar-refractivity contribution in [3.8, 4) is 0 Å². The van der Waals surface area contributed by atoms with Crippen molar-refractivity contribution >= 4 is 0 Å². The molecule has 0 aromatic rings. The van der Waals surface area contributed by atoms with Crippen LogP contribution >= 0.6 is 0 Å². The summed E-state index contributed by atoms with van der Waals surface area (Å²) in [6, 6.07) is 0. The molecule has 88 heavy (non-hydrogen) atoms. The number of hydrogen-bond donors (Lipinski definition) is 18. The topological polar surface area (TPSA) is 456 Å². The molecule has 510 valence electrons. The Hall–Kier alpha value is -1.38. The van der Waals surface area contributed by atoms with Crippen molar-refractivity contribution in [3.05, 3.63) is 11.6 Å². The van der Waals surface area contributed by atoms with E-state index in [9.17, 15) is 91.9 Å². The van der Waals surface area contributed by atoms with Gasteiger partial charge in [0.15, 0.2) is 31.5 Å². The first-order valence-corrected chi connectivity index (χ1v) is 31.5. The third-order valence-electron chi connectivity index (χ3n) is 22.8. The van der Waals surface area contributed by atoms with Gasteiger partial charge in [-0.3, -0.25) is 0 Å². The van der Waals surface area contributed by atoms with Gasteiger partial charge in [-0.05, 0) is 112 Å². The molecule has 0 spiro atoms. The highest BCUT2D eigenvalue weighted by molar-refractivity contribution is 5.30. The van der Waals surface area contributed by atoms with Crippen LogP contribution in [-0.4, -0.2) is 296 Å². The van der Waals surface area contributed by atoms with Gasteiger partial charge >= 0.3 is 0 Å². The number of aliphatic hydroxyl groups excluding tert-OH is 17. The van der Waals surface area contributed by atoms with Crippen LogP contribution in [0.25, 0.3) is 0 Å². The Morgan fingerprint density at radius 3 is 1.51 bits per heavy atom. The molecule has 0 aromatic heterocycles. The van der Waals surface area contributed by atoms with Crippen LogP contribution in [-0.2, 0) is 47.4 Å². The lowest BCUT2D eigenvalue weighted by molar-refractivity contribution is -0.380. The summed E-state index contributed by atoms with van der Waals surface area (Å²) < 4.78 is 59.7. The van der Waals surface area contributed by atoms with Crippen molar-refractivity contribution in [1.82, 2.24) is 0 Å². The smallest absolute Gasteiger partial charge is 0.187 e. The average Bonchev–Trinajstić information content (AvgIpc) is 1.34. The fraction of sp³-hybridized carbons (Fsp3) is 0.967. The van der Waals surface area contributed by atoms with E-state index in [1.165, 1.54) is 5.57 Å². The van der Waals surface area contributed by atoms with Gasteiger partial charge in [-0.2, -0.15) is 0 Å². The highest BCUT2D eigenvalue weighted by atomic mass is 16.8. The quantitative estimate of drug-likeness (QED) is 0.0512. The number of rotatable bonds is 20. The second-order valence-electron chi connectivity index (χ2n) is 28.6. The third-order valence-corrected chi connectivity index (χ3v) is 22.8. The highest BCUT2D eigenvalue weighted by Crippen LogP contribution is 2.75. The van der Waals surface area contributed by atoms with Gasteiger partial charge in [-0.25, -0.2) is 0 Å². The maximum absolute atomic E-state index is 11.8. The molecule has 28 heteroatoms. The molecular formula is C60H102O28. The lowest BCUT2D eigenvalue weighted by atomic mass is 9.39. The zero-order chi connectivity index (χ0) is 64.7. The molecule has 0 radical (unpaired) electrons. The Bertz CT molecular complexity index is 2310. The van der Waals surface area contributed by atoms with Gasteiger partial charge in [0.2, 0.25) is 0 Å². The summed E-state index contributed by atoms with van der Waals surface area (Å²) in [6.07, 6.45) is -33.8. The fourth-order valence-corrected chi connectivity index (χ4v) is 17.1. The van der Waals surface area contributed by atoms with Crippen LogP contribution in [0.5, 0.6) is 0 Å². The molecule has 5 saturated heterocycles. The first-order chi connectivity index (χ1) is 41.2. The van der Waals surface area contributed by atoms with Crippen molar-refractivity contribution in [2.24, 2.45) is 45.3 Å². The molecule has 8 fully saturated rings. The predicted molar refractivity (Wildman–Crippen MR) is 299 cm³/mol. The SMILES string of the molecule is CC(CCC(O[C@@H]1O[C@H](CO[C@@H]2O[C@H](CO)[C@@H](O)[C@H](O)[C@H]2O)[C@@H](O)[C@H](O)[C@H]1O[C@@H]1O[C@H](CO)[C@@H](O)[C@H](O)[C@H]1O)C(C)(C)O)C1CCC2(C)C3CC=C4C(CC[C@H](O[C@@H]5O[C@H](CO)[C@@H](O[C@@H]6O[C@H](CO)[C@@H](O)[C@H](O)[C@H]6O)[C@H](O)[C@H]5O)C4(C)C)C3(C)CCC12C. The summed E-state index contributed by atoms with van der Waals surface area (Å²) in [5.74, 6) is 0.828. The number of hydrogen-bond acceptors (Lipinski definition) is 28. The Kier molecular flexibility index (Phi) is 22.1. The van der Waals surface area contributed by atoms with Crippen molar-refractivity contribution in [2.75, 3.05) is 33.0 Å². The molecule has 3 saturated carbocycles. The maximum Gasteiger partial charge on any atom is 0.187 e. The Morgan fingerprint density at radius 1 is 0.500 bits per heavy atom. The molecular weight excluding hydrogens is 1170 g/mol. The van der Waals surface area contributed by atoms with Crippen molar-refractivity contribution in [2.45, 2.75) is 285 Å². The van der Waals surface area contributed by atoms with E-state index < -0.39 is 210 Å². The number of ether oxygens (including phenoxy) is 10. The van der Waals surface area contributed by atoms with Crippen LogP contribution < -0.4 is 0 Å². The van der Waals surface area contributed by atoms with Crippen molar-refractivity contribution < 1.29 is 139 Å². The molecule has 28 nitrogen and oxygen atoms in total. The van der Waals surface area contributed by atoms with Gasteiger partial charge in [-0.1, -0.05) is 53.2 Å². The van der Waals surface area contributed by atoms with Gasteiger partial charge in [-0.15, -0.1) is 0 Å². The van der Waals surface area contributed by atoms with Gasteiger partial charge in [0.05, 0.1) is 50.8 Å². The lowest BCUT2D eigenvalue weighted by Crippen LogP contribution is -2.65. The van der Waals surface area contributed by atoms with E-state index in [2.05, 4.69) is 47.6 Å². The van der Waals surface area contributed by atoms with E-state index in [-0.39, 0.29) is 40.4 Å². The van der Waals surface area contributed by atoms with Gasteiger partial charge in [0.1, 0.15) is 122 Å². The van der Waals surface area contributed by atoms with Crippen LogP contribution in [0.3, 0.4) is 0 Å². The zero-order valence-electron chi connectivity index (χ0n) is 51.5. The molecule has 8 unspecified atom stereocenters. The minimum absolute atomic E-state index is 0.0854. The minimum Gasteiger partial charge on any atom is -0.394 e. The number of allylic oxidation sites excluding steroid dienone is 1. The lowest BCUT2D eigenvalue weighted by Gasteiger charge is -2.66. The van der Waals surface area contributed by atoms with Crippen LogP contribution in [0.15, 0.2) is 11.6 Å². The van der Waals surface area contributed by atoms with Crippen LogP contribution in [0.2, 0.25) is 0 Å². The van der Waals surface area contributed by atoms with Crippen LogP contribution in [0.1, 0.15) is 113 Å². The number of aliphatic hydroxyl groups is 18. The highest BCUT2D eigenvalue weighted by Gasteiger charge is 2.68. The molecule has 9 rings (SSSR count). The summed E-state index contributed by atoms with van der Waals surface area (Å²) in [7, 11) is 0. The summed E-state index contributed by atoms with van der Waals surface area (Å²) in [5.41, 5.74) is -1.21. The first kappa shape index (κ1) is 70.9. The van der Waals surface area contributed by atoms with Crippen LogP contribution in [0.4, 0.5) is 0 Å². The minimum atomic E-state index is -1.93. The van der Waals surface area contributed by atoms with E-state index in [1.807, 2.05) is 0 Å². The molecule has 5 aliphatic heterocycles. The Labute approximate surface area is 512 Å². The largest absolute Gasteiger partial charge is 0.394 e. The summed E-state index contributed by atoms with van der Waals surface area (Å²) in [6.45, 7) is 13.2. The van der Waals surface area contributed by atoms with Gasteiger partial charge in [0, 0.05) is 5.41 Å².